The predicted molar refractivity (Wildman–Crippen MR) is 110 cm³/mol. The fourth-order valence-electron chi connectivity index (χ4n) is 2.90. The minimum absolute atomic E-state index is 0.269. The number of hydrogen-bond acceptors (Lipinski definition) is 1. The SMILES string of the molecule is Fc1ccc(Oc2ccc([SH](c3ccccc3)c3ccccc3)cc2)cc1. The van der Waals surface area contributed by atoms with Crippen molar-refractivity contribution in [3.63, 3.8) is 0 Å². The average Bonchev–Trinajstić information content (AvgIpc) is 2.73. The maximum Gasteiger partial charge on any atom is 0.127 e. The summed E-state index contributed by atoms with van der Waals surface area (Å²) >= 11 is 0. The monoisotopic (exact) mass is 374 g/mol. The van der Waals surface area contributed by atoms with Crippen LogP contribution in [0.1, 0.15) is 0 Å². The predicted octanol–water partition coefficient (Wildman–Crippen LogP) is 7.10. The lowest BCUT2D eigenvalue weighted by Gasteiger charge is -2.23. The Balaban J connectivity index is 1.64. The van der Waals surface area contributed by atoms with Crippen LogP contribution in [0.3, 0.4) is 0 Å². The topological polar surface area (TPSA) is 9.23 Å². The number of hydrogen-bond donors (Lipinski definition) is 1. The summed E-state index contributed by atoms with van der Waals surface area (Å²) in [7, 11) is -0.627. The lowest BCUT2D eigenvalue weighted by molar-refractivity contribution is 0.480. The second-order valence-corrected chi connectivity index (χ2v) is 8.28. The first-order chi connectivity index (χ1) is 13.3. The number of benzene rings is 4. The highest BCUT2D eigenvalue weighted by molar-refractivity contribution is 8.17. The summed E-state index contributed by atoms with van der Waals surface area (Å²) in [4.78, 5) is 3.88. The largest absolute Gasteiger partial charge is 0.457 e. The van der Waals surface area contributed by atoms with Crippen LogP contribution in [0.4, 0.5) is 4.39 Å². The van der Waals surface area contributed by atoms with E-state index in [9.17, 15) is 4.39 Å². The van der Waals surface area contributed by atoms with Crippen molar-refractivity contribution in [1.82, 2.24) is 0 Å². The fraction of sp³-hybridized carbons (Fsp3) is 0. The van der Waals surface area contributed by atoms with Crippen LogP contribution in [0.5, 0.6) is 11.5 Å². The first-order valence-electron chi connectivity index (χ1n) is 8.73. The second-order valence-electron chi connectivity index (χ2n) is 6.06. The normalized spacial score (nSPS) is 11.1. The third kappa shape index (κ3) is 4.21. The van der Waals surface area contributed by atoms with E-state index in [-0.39, 0.29) is 5.82 Å². The molecule has 0 heterocycles. The molecule has 0 aromatic heterocycles. The Kier molecular flexibility index (Phi) is 5.22. The van der Waals surface area contributed by atoms with E-state index in [1.165, 1.54) is 26.8 Å². The smallest absolute Gasteiger partial charge is 0.127 e. The van der Waals surface area contributed by atoms with Gasteiger partial charge in [0.15, 0.2) is 0 Å². The van der Waals surface area contributed by atoms with Crippen LogP contribution in [0.2, 0.25) is 0 Å². The van der Waals surface area contributed by atoms with E-state index in [2.05, 4.69) is 60.7 Å². The van der Waals surface area contributed by atoms with Gasteiger partial charge in [0, 0.05) is 0 Å². The molecule has 0 spiro atoms. The van der Waals surface area contributed by atoms with Crippen molar-refractivity contribution in [3.8, 4) is 11.5 Å². The van der Waals surface area contributed by atoms with E-state index in [1.807, 2.05) is 24.3 Å². The van der Waals surface area contributed by atoms with Gasteiger partial charge in [0.25, 0.3) is 0 Å². The number of halogens is 1. The molecule has 0 aliphatic rings. The van der Waals surface area contributed by atoms with Crippen LogP contribution in [-0.2, 0) is 0 Å². The molecule has 0 unspecified atom stereocenters. The molecular weight excluding hydrogens is 355 g/mol. The molecule has 0 amide bonds. The van der Waals surface area contributed by atoms with E-state index in [4.69, 9.17) is 4.74 Å². The zero-order valence-electron chi connectivity index (χ0n) is 14.6. The van der Waals surface area contributed by atoms with E-state index in [0.717, 1.165) is 5.75 Å². The Morgan fingerprint density at radius 1 is 0.481 bits per heavy atom. The molecule has 0 aliphatic carbocycles. The molecular formula is C24H19FOS. The number of ether oxygens (including phenoxy) is 1. The molecule has 1 nitrogen and oxygen atoms in total. The first kappa shape index (κ1) is 17.4. The van der Waals surface area contributed by atoms with Gasteiger partial charge in [-0.15, -0.1) is 0 Å². The van der Waals surface area contributed by atoms with E-state index in [0.29, 0.717) is 5.75 Å². The summed E-state index contributed by atoms with van der Waals surface area (Å²) in [6.45, 7) is 0. The van der Waals surface area contributed by atoms with Crippen molar-refractivity contribution in [3.05, 3.63) is 115 Å². The molecule has 0 atom stereocenters. The summed E-state index contributed by atoms with van der Waals surface area (Å²) in [6, 6.07) is 35.4. The Morgan fingerprint density at radius 2 is 0.889 bits per heavy atom. The van der Waals surface area contributed by atoms with Gasteiger partial charge in [-0.05, 0) is 87.5 Å². The summed E-state index contributed by atoms with van der Waals surface area (Å²) in [5.74, 6) is 1.09. The summed E-state index contributed by atoms with van der Waals surface area (Å²) < 4.78 is 18.9. The van der Waals surface area contributed by atoms with E-state index < -0.39 is 10.9 Å². The minimum Gasteiger partial charge on any atom is -0.457 e. The Hall–Kier alpha value is -3.04. The zero-order valence-corrected chi connectivity index (χ0v) is 15.5. The van der Waals surface area contributed by atoms with E-state index >= 15 is 0 Å². The highest BCUT2D eigenvalue weighted by Gasteiger charge is 2.12. The van der Waals surface area contributed by atoms with Gasteiger partial charge >= 0.3 is 0 Å². The highest BCUT2D eigenvalue weighted by atomic mass is 32.2. The van der Waals surface area contributed by atoms with Crippen LogP contribution < -0.4 is 4.74 Å². The summed E-state index contributed by atoms with van der Waals surface area (Å²) in [5.41, 5.74) is 0. The maximum absolute atomic E-state index is 13.0. The standard InChI is InChI=1S/C24H19FOS/c25-19-11-13-20(14-12-19)26-21-15-17-24(18-16-21)27(22-7-3-1-4-8-22)23-9-5-2-6-10-23/h1-18,27H. The molecule has 3 heteroatoms. The first-order valence-corrected chi connectivity index (χ1v) is 10.1. The molecule has 4 aromatic carbocycles. The Bertz CT molecular complexity index is 944. The van der Waals surface area contributed by atoms with Gasteiger partial charge in [-0.25, -0.2) is 4.39 Å². The highest BCUT2D eigenvalue weighted by Crippen LogP contribution is 2.51. The molecule has 134 valence electrons. The van der Waals surface area contributed by atoms with Crippen LogP contribution >= 0.6 is 10.9 Å². The molecule has 0 saturated heterocycles. The second kappa shape index (κ2) is 8.11. The van der Waals surface area contributed by atoms with Crippen molar-refractivity contribution in [2.45, 2.75) is 14.7 Å². The van der Waals surface area contributed by atoms with Crippen molar-refractivity contribution in [2.75, 3.05) is 0 Å². The van der Waals surface area contributed by atoms with E-state index in [1.54, 1.807) is 12.1 Å². The molecule has 0 radical (unpaired) electrons. The van der Waals surface area contributed by atoms with Crippen LogP contribution in [0.15, 0.2) is 124 Å². The van der Waals surface area contributed by atoms with Gasteiger partial charge in [0.2, 0.25) is 0 Å². The summed E-state index contributed by atoms with van der Waals surface area (Å²) in [5, 5.41) is 0. The van der Waals surface area contributed by atoms with Crippen molar-refractivity contribution < 1.29 is 9.13 Å². The zero-order chi connectivity index (χ0) is 18.5. The van der Waals surface area contributed by atoms with Crippen LogP contribution in [0, 0.1) is 5.82 Å². The number of rotatable bonds is 5. The van der Waals surface area contributed by atoms with Crippen molar-refractivity contribution in [1.29, 1.82) is 0 Å². The number of thiol groups is 1. The van der Waals surface area contributed by atoms with Gasteiger partial charge in [-0.3, -0.25) is 0 Å². The summed E-state index contributed by atoms with van der Waals surface area (Å²) in [6.07, 6.45) is 0. The Labute approximate surface area is 161 Å². The molecule has 27 heavy (non-hydrogen) atoms. The quantitative estimate of drug-likeness (QED) is 0.367. The van der Waals surface area contributed by atoms with Gasteiger partial charge in [0.05, 0.1) is 0 Å². The van der Waals surface area contributed by atoms with Gasteiger partial charge in [-0.2, -0.15) is 10.9 Å². The van der Waals surface area contributed by atoms with Crippen LogP contribution in [0.25, 0.3) is 0 Å². The molecule has 0 bridgehead atoms. The molecule has 4 aromatic rings. The molecule has 0 N–H and O–H groups in total. The van der Waals surface area contributed by atoms with Gasteiger partial charge in [0.1, 0.15) is 17.3 Å². The molecule has 0 saturated carbocycles. The third-order valence-corrected chi connectivity index (χ3v) is 6.62. The minimum atomic E-state index is -0.627. The lowest BCUT2D eigenvalue weighted by Crippen LogP contribution is -1.89. The lowest BCUT2D eigenvalue weighted by atomic mass is 10.3. The van der Waals surface area contributed by atoms with Gasteiger partial charge < -0.3 is 4.74 Å². The van der Waals surface area contributed by atoms with Crippen LogP contribution in [-0.4, -0.2) is 0 Å². The van der Waals surface area contributed by atoms with Gasteiger partial charge in [-0.1, -0.05) is 36.4 Å². The Morgan fingerprint density at radius 3 is 1.37 bits per heavy atom. The van der Waals surface area contributed by atoms with Crippen molar-refractivity contribution >= 4 is 10.9 Å². The molecule has 0 fully saturated rings. The maximum atomic E-state index is 13.0. The molecule has 4 rings (SSSR count). The fourth-order valence-corrected chi connectivity index (χ4v) is 5.19. The molecule has 0 aliphatic heterocycles. The average molecular weight is 374 g/mol. The third-order valence-electron chi connectivity index (χ3n) is 4.17. The van der Waals surface area contributed by atoms with Crippen molar-refractivity contribution in [2.24, 2.45) is 0 Å².